The summed E-state index contributed by atoms with van der Waals surface area (Å²) >= 11 is 0. The molecular formula is C21H17F3N8O2. The summed E-state index contributed by atoms with van der Waals surface area (Å²) in [5, 5.41) is 21.7. The van der Waals surface area contributed by atoms with Crippen molar-refractivity contribution in [2.45, 2.75) is 50.7 Å². The molecule has 10 nitrogen and oxygen atoms in total. The van der Waals surface area contributed by atoms with Crippen LogP contribution in [0, 0.1) is 18.3 Å². The fraction of sp³-hybridized carbons (Fsp3) is 0.381. The zero-order valence-corrected chi connectivity index (χ0v) is 18.0. The van der Waals surface area contributed by atoms with E-state index in [1.807, 2.05) is 6.07 Å². The van der Waals surface area contributed by atoms with Crippen molar-refractivity contribution in [3.8, 4) is 6.07 Å². The summed E-state index contributed by atoms with van der Waals surface area (Å²) in [4.78, 5) is 23.8. The van der Waals surface area contributed by atoms with Gasteiger partial charge < -0.3 is 9.40 Å². The van der Waals surface area contributed by atoms with E-state index in [0.29, 0.717) is 23.2 Å². The third-order valence-electron chi connectivity index (χ3n) is 6.10. The largest absolute Gasteiger partial charge is 0.433 e. The van der Waals surface area contributed by atoms with Crippen molar-refractivity contribution in [2.24, 2.45) is 0 Å². The highest BCUT2D eigenvalue weighted by atomic mass is 19.4. The van der Waals surface area contributed by atoms with Crippen LogP contribution in [-0.4, -0.2) is 34.9 Å². The fourth-order valence-electron chi connectivity index (χ4n) is 4.13. The Labute approximate surface area is 189 Å². The van der Waals surface area contributed by atoms with Crippen molar-refractivity contribution in [3.63, 3.8) is 0 Å². The van der Waals surface area contributed by atoms with Gasteiger partial charge in [-0.2, -0.15) is 23.5 Å². The maximum absolute atomic E-state index is 12.9. The van der Waals surface area contributed by atoms with Crippen molar-refractivity contribution in [1.29, 1.82) is 5.26 Å². The van der Waals surface area contributed by atoms with Crippen molar-refractivity contribution in [3.05, 3.63) is 63.2 Å². The Kier molecular flexibility index (Phi) is 4.96. The summed E-state index contributed by atoms with van der Waals surface area (Å²) in [7, 11) is 0. The van der Waals surface area contributed by atoms with E-state index in [1.54, 1.807) is 13.8 Å². The van der Waals surface area contributed by atoms with E-state index >= 15 is 0 Å². The lowest BCUT2D eigenvalue weighted by Crippen LogP contribution is -2.27. The second-order valence-electron chi connectivity index (χ2n) is 8.15. The lowest BCUT2D eigenvalue weighted by atomic mass is 9.73. The molecule has 0 amide bonds. The van der Waals surface area contributed by atoms with Gasteiger partial charge in [0, 0.05) is 25.0 Å². The average Bonchev–Trinajstić information content (AvgIpc) is 3.35. The zero-order chi connectivity index (χ0) is 24.2. The third kappa shape index (κ3) is 3.51. The minimum atomic E-state index is -4.56. The molecule has 13 heteroatoms. The number of aryl methyl sites for hydroxylation is 1. The number of halogens is 3. The molecule has 0 unspecified atom stereocenters. The summed E-state index contributed by atoms with van der Waals surface area (Å²) in [6, 6.07) is 3.41. The summed E-state index contributed by atoms with van der Waals surface area (Å²) in [5.74, 6) is 1.02. The van der Waals surface area contributed by atoms with Crippen LogP contribution >= 0.6 is 0 Å². The fourth-order valence-corrected chi connectivity index (χ4v) is 4.13. The number of aromatic amines is 1. The molecule has 5 rings (SSSR count). The van der Waals surface area contributed by atoms with Gasteiger partial charge in [-0.15, -0.1) is 10.2 Å². The Morgan fingerprint density at radius 3 is 2.59 bits per heavy atom. The number of nitrogens with one attached hydrogen (secondary N) is 1. The molecule has 1 aliphatic carbocycles. The van der Waals surface area contributed by atoms with Crippen LogP contribution in [0.3, 0.4) is 0 Å². The minimum Gasteiger partial charge on any atom is -0.425 e. The van der Waals surface area contributed by atoms with E-state index in [9.17, 15) is 23.2 Å². The molecule has 3 atom stereocenters. The number of nitriles is 1. The highest BCUT2D eigenvalue weighted by molar-refractivity contribution is 5.80. The molecule has 4 heterocycles. The maximum atomic E-state index is 12.9. The number of aromatic nitrogens is 7. The first-order valence-electron chi connectivity index (χ1n) is 10.4. The van der Waals surface area contributed by atoms with Crippen LogP contribution in [0.4, 0.5) is 13.2 Å². The van der Waals surface area contributed by atoms with Crippen LogP contribution in [0.5, 0.6) is 0 Å². The SMILES string of the molecule is Cc1nnc([C@@H]2CC[C@H]2c2nc3c(c(C#N)nn3[C@@H](C)c3ccc(C(F)(F)F)nc3)c(=O)[nH]2)o1. The van der Waals surface area contributed by atoms with Crippen molar-refractivity contribution >= 4 is 11.0 Å². The van der Waals surface area contributed by atoms with Crippen LogP contribution in [0.2, 0.25) is 0 Å². The van der Waals surface area contributed by atoms with E-state index in [2.05, 4.69) is 30.2 Å². The number of pyridine rings is 1. The van der Waals surface area contributed by atoms with Crippen molar-refractivity contribution in [2.75, 3.05) is 0 Å². The number of nitrogens with zero attached hydrogens (tertiary/aromatic N) is 7. The van der Waals surface area contributed by atoms with E-state index in [4.69, 9.17) is 4.42 Å². The lowest BCUT2D eigenvalue weighted by Gasteiger charge is -2.32. The molecule has 34 heavy (non-hydrogen) atoms. The predicted octanol–water partition coefficient (Wildman–Crippen LogP) is 3.37. The van der Waals surface area contributed by atoms with Gasteiger partial charge in [0.1, 0.15) is 23.0 Å². The molecule has 0 aromatic carbocycles. The predicted molar refractivity (Wildman–Crippen MR) is 110 cm³/mol. The zero-order valence-electron chi connectivity index (χ0n) is 18.0. The van der Waals surface area contributed by atoms with Crippen LogP contribution in [0.15, 0.2) is 27.5 Å². The summed E-state index contributed by atoms with van der Waals surface area (Å²) in [5.41, 5.74) is -1.09. The topological polar surface area (TPSA) is 139 Å². The third-order valence-corrected chi connectivity index (χ3v) is 6.10. The molecule has 4 aromatic rings. The standard InChI is InChI=1S/C21H17F3N8O2/c1-9(11-3-6-15(26-8-11)21(22,23)24)32-18-16(14(7-25)31-32)19(33)28-17(27-18)12-4-5-13(12)20-30-29-10(2)34-20/h3,6,8-9,12-13H,4-5H2,1-2H3,(H,27,28,33)/t9-,12+,13+/m0/s1. The Balaban J connectivity index is 1.57. The van der Waals surface area contributed by atoms with Crippen LogP contribution in [0.1, 0.15) is 72.2 Å². The van der Waals surface area contributed by atoms with Gasteiger partial charge in [0.25, 0.3) is 5.56 Å². The van der Waals surface area contributed by atoms with Gasteiger partial charge in [-0.25, -0.2) is 9.67 Å². The highest BCUT2D eigenvalue weighted by Crippen LogP contribution is 2.47. The van der Waals surface area contributed by atoms with Gasteiger partial charge >= 0.3 is 6.18 Å². The first-order valence-corrected chi connectivity index (χ1v) is 10.4. The molecule has 0 saturated heterocycles. The van der Waals surface area contributed by atoms with Gasteiger partial charge in [-0.05, 0) is 31.4 Å². The molecule has 1 fully saturated rings. The molecular weight excluding hydrogens is 453 g/mol. The minimum absolute atomic E-state index is 0.0162. The second-order valence-corrected chi connectivity index (χ2v) is 8.15. The molecule has 0 radical (unpaired) electrons. The molecule has 4 aromatic heterocycles. The molecule has 1 saturated carbocycles. The van der Waals surface area contributed by atoms with Crippen molar-refractivity contribution < 1.29 is 17.6 Å². The van der Waals surface area contributed by atoms with E-state index in [-0.39, 0.29) is 28.6 Å². The Morgan fingerprint density at radius 2 is 2.03 bits per heavy atom. The van der Waals surface area contributed by atoms with Gasteiger partial charge in [0.05, 0.1) is 6.04 Å². The highest BCUT2D eigenvalue weighted by Gasteiger charge is 2.39. The lowest BCUT2D eigenvalue weighted by molar-refractivity contribution is -0.141. The normalized spacial score (nSPS) is 19.1. The average molecular weight is 470 g/mol. The van der Waals surface area contributed by atoms with E-state index in [0.717, 1.165) is 25.1 Å². The van der Waals surface area contributed by atoms with Gasteiger partial charge in [-0.3, -0.25) is 9.78 Å². The van der Waals surface area contributed by atoms with E-state index in [1.165, 1.54) is 10.7 Å². The number of alkyl halides is 3. The second kappa shape index (κ2) is 7.75. The van der Waals surface area contributed by atoms with E-state index < -0.39 is 23.5 Å². The smallest absolute Gasteiger partial charge is 0.425 e. The number of rotatable bonds is 4. The quantitative estimate of drug-likeness (QED) is 0.479. The van der Waals surface area contributed by atoms with Gasteiger partial charge in [0.15, 0.2) is 11.3 Å². The number of hydrogen-bond donors (Lipinski definition) is 1. The maximum Gasteiger partial charge on any atom is 0.433 e. The van der Waals surface area contributed by atoms with Gasteiger partial charge in [-0.1, -0.05) is 6.07 Å². The van der Waals surface area contributed by atoms with Crippen LogP contribution in [0.25, 0.3) is 11.0 Å². The molecule has 1 N–H and O–H groups in total. The number of H-pyrrole nitrogens is 1. The summed E-state index contributed by atoms with van der Waals surface area (Å²) < 4.78 is 45.5. The Hall–Kier alpha value is -4.08. The molecule has 0 spiro atoms. The van der Waals surface area contributed by atoms with Crippen LogP contribution in [-0.2, 0) is 6.18 Å². The molecule has 1 aliphatic rings. The first kappa shape index (κ1) is 21.7. The van der Waals surface area contributed by atoms with Gasteiger partial charge in [0.2, 0.25) is 11.8 Å². The molecule has 0 bridgehead atoms. The Bertz CT molecular complexity index is 1480. The summed E-state index contributed by atoms with van der Waals surface area (Å²) in [6.45, 7) is 3.36. The Morgan fingerprint density at radius 1 is 1.26 bits per heavy atom. The summed E-state index contributed by atoms with van der Waals surface area (Å²) in [6.07, 6.45) is -1.95. The van der Waals surface area contributed by atoms with Crippen molar-refractivity contribution in [1.82, 2.24) is 34.9 Å². The molecule has 174 valence electrons. The first-order chi connectivity index (χ1) is 16.2. The molecule has 0 aliphatic heterocycles. The number of fused-ring (bicyclic) bond motifs is 1. The number of hydrogen-bond acceptors (Lipinski definition) is 8. The van der Waals surface area contributed by atoms with Crippen LogP contribution < -0.4 is 5.56 Å². The monoisotopic (exact) mass is 470 g/mol.